The van der Waals surface area contributed by atoms with Crippen molar-refractivity contribution in [2.75, 3.05) is 6.61 Å². The Morgan fingerprint density at radius 2 is 1.94 bits per heavy atom. The lowest BCUT2D eigenvalue weighted by Gasteiger charge is -2.28. The molecule has 3 aromatic heterocycles. The van der Waals surface area contributed by atoms with Crippen LogP contribution < -0.4 is 0 Å². The molecule has 1 aromatic carbocycles. The van der Waals surface area contributed by atoms with Crippen molar-refractivity contribution in [2.24, 2.45) is 0 Å². The van der Waals surface area contributed by atoms with Crippen LogP contribution in [0.4, 0.5) is 8.78 Å². The minimum absolute atomic E-state index is 0.00697. The zero-order valence-electron chi connectivity index (χ0n) is 18.5. The summed E-state index contributed by atoms with van der Waals surface area (Å²) in [5, 5.41) is 5.45. The lowest BCUT2D eigenvalue weighted by Crippen LogP contribution is -2.20. The Hall–Kier alpha value is -2.97. The van der Waals surface area contributed by atoms with Gasteiger partial charge in [-0.05, 0) is 50.8 Å². The third kappa shape index (κ3) is 3.95. The fraction of sp³-hybridized carbons (Fsp3) is 0.360. The highest BCUT2D eigenvalue weighted by molar-refractivity contribution is 6.32. The predicted molar refractivity (Wildman–Crippen MR) is 124 cm³/mol. The topological polar surface area (TPSA) is 65.7 Å². The Kier molecular flexibility index (Phi) is 5.30. The largest absolute Gasteiger partial charge is 0.373 e. The molecule has 9 heteroatoms. The van der Waals surface area contributed by atoms with Gasteiger partial charge >= 0.3 is 0 Å². The van der Waals surface area contributed by atoms with Crippen molar-refractivity contribution < 1.29 is 13.5 Å². The first-order chi connectivity index (χ1) is 16.5. The van der Waals surface area contributed by atoms with Crippen LogP contribution in [0.5, 0.6) is 0 Å². The number of aromatic nitrogens is 5. The van der Waals surface area contributed by atoms with Gasteiger partial charge < -0.3 is 4.74 Å². The van der Waals surface area contributed by atoms with Gasteiger partial charge in [0, 0.05) is 41.3 Å². The molecule has 0 N–H and O–H groups in total. The summed E-state index contributed by atoms with van der Waals surface area (Å²) in [6, 6.07) is 5.67. The second kappa shape index (κ2) is 8.36. The van der Waals surface area contributed by atoms with E-state index in [2.05, 4.69) is 16.3 Å². The molecule has 0 unspecified atom stereocenters. The number of fused-ring (bicyclic) bond motifs is 1. The number of nitrogens with zero attached hydrogens (tertiary/aromatic N) is 5. The third-order valence-corrected chi connectivity index (χ3v) is 6.97. The molecule has 4 heterocycles. The van der Waals surface area contributed by atoms with Gasteiger partial charge in [0.1, 0.15) is 17.5 Å². The first-order valence-electron chi connectivity index (χ1n) is 11.4. The minimum Gasteiger partial charge on any atom is -0.373 e. The first kappa shape index (κ1) is 21.6. The summed E-state index contributed by atoms with van der Waals surface area (Å²) in [5.74, 6) is -0.776. The van der Waals surface area contributed by atoms with Crippen molar-refractivity contribution in [2.45, 2.75) is 50.7 Å². The molecule has 2 aliphatic rings. The van der Waals surface area contributed by atoms with Gasteiger partial charge in [0.25, 0.3) is 0 Å². The number of hydrogen-bond donors (Lipinski definition) is 0. The number of pyridine rings is 1. The summed E-state index contributed by atoms with van der Waals surface area (Å²) in [4.78, 5) is 14.1. The maximum atomic E-state index is 14.8. The maximum Gasteiger partial charge on any atom is 0.163 e. The molecule has 1 aliphatic carbocycles. The van der Waals surface area contributed by atoms with E-state index in [0.29, 0.717) is 52.3 Å². The minimum atomic E-state index is -0.694. The van der Waals surface area contributed by atoms with Crippen LogP contribution in [0, 0.1) is 18.6 Å². The van der Waals surface area contributed by atoms with E-state index in [-0.39, 0.29) is 17.6 Å². The quantitative estimate of drug-likeness (QED) is 0.352. The fourth-order valence-corrected chi connectivity index (χ4v) is 4.68. The standard InChI is InChI=1S/C25H22ClF2N5O/c1-13-20(26)10-19-23(18-5-2-16(27)9-21(18)28)31-24(32-25(19)30-13)14-6-7-34-22(8-14)15-11-29-33(12-15)17-3-4-17/h2,5,9-12,14,17,22H,3-4,6-8H2,1H3/t14-,22+/m0/s1. The fourth-order valence-electron chi connectivity index (χ4n) is 4.53. The lowest BCUT2D eigenvalue weighted by atomic mass is 9.92. The van der Waals surface area contributed by atoms with Gasteiger partial charge in [-0.1, -0.05) is 11.6 Å². The molecule has 2 atom stereocenters. The van der Waals surface area contributed by atoms with Crippen LogP contribution in [-0.4, -0.2) is 31.3 Å². The summed E-state index contributed by atoms with van der Waals surface area (Å²) in [6.07, 6.45) is 7.57. The highest BCUT2D eigenvalue weighted by Crippen LogP contribution is 2.40. The highest BCUT2D eigenvalue weighted by Gasteiger charge is 2.31. The van der Waals surface area contributed by atoms with E-state index < -0.39 is 11.6 Å². The van der Waals surface area contributed by atoms with Crippen LogP contribution in [0.25, 0.3) is 22.3 Å². The van der Waals surface area contributed by atoms with Gasteiger partial charge in [-0.2, -0.15) is 5.10 Å². The molecule has 1 aliphatic heterocycles. The van der Waals surface area contributed by atoms with Crippen LogP contribution in [-0.2, 0) is 4.74 Å². The molecular formula is C25H22ClF2N5O. The van der Waals surface area contributed by atoms with Crippen molar-refractivity contribution in [3.8, 4) is 11.3 Å². The van der Waals surface area contributed by atoms with E-state index in [0.717, 1.165) is 18.1 Å². The van der Waals surface area contributed by atoms with Crippen molar-refractivity contribution in [3.63, 3.8) is 0 Å². The predicted octanol–water partition coefficient (Wildman–Crippen LogP) is 6.10. The Morgan fingerprint density at radius 3 is 2.74 bits per heavy atom. The van der Waals surface area contributed by atoms with Crippen LogP contribution in [0.3, 0.4) is 0 Å². The Balaban J connectivity index is 1.41. The zero-order valence-corrected chi connectivity index (χ0v) is 19.3. The van der Waals surface area contributed by atoms with Crippen LogP contribution in [0.1, 0.15) is 60.8 Å². The average Bonchev–Trinajstić information content (AvgIpc) is 3.56. The van der Waals surface area contributed by atoms with E-state index in [4.69, 9.17) is 26.3 Å². The van der Waals surface area contributed by atoms with Gasteiger partial charge in [-0.3, -0.25) is 4.68 Å². The summed E-state index contributed by atoms with van der Waals surface area (Å²) < 4.78 is 36.5. The van der Waals surface area contributed by atoms with Gasteiger partial charge in [-0.25, -0.2) is 23.7 Å². The molecule has 6 rings (SSSR count). The van der Waals surface area contributed by atoms with E-state index in [1.54, 1.807) is 13.0 Å². The van der Waals surface area contributed by atoms with E-state index in [1.165, 1.54) is 25.0 Å². The second-order valence-corrected chi connectivity index (χ2v) is 9.45. The number of aryl methyl sites for hydroxylation is 1. The Bertz CT molecular complexity index is 1400. The molecule has 6 nitrogen and oxygen atoms in total. The van der Waals surface area contributed by atoms with Crippen LogP contribution in [0.15, 0.2) is 36.7 Å². The van der Waals surface area contributed by atoms with Gasteiger partial charge in [0.2, 0.25) is 0 Å². The van der Waals surface area contributed by atoms with Crippen LogP contribution >= 0.6 is 11.6 Å². The van der Waals surface area contributed by atoms with Gasteiger partial charge in [0.05, 0.1) is 34.8 Å². The number of ether oxygens (including phenoxy) is 1. The van der Waals surface area contributed by atoms with E-state index in [9.17, 15) is 8.78 Å². The van der Waals surface area contributed by atoms with Crippen molar-refractivity contribution in [1.82, 2.24) is 24.7 Å². The Morgan fingerprint density at radius 1 is 1.09 bits per heavy atom. The summed E-state index contributed by atoms with van der Waals surface area (Å²) >= 11 is 6.32. The van der Waals surface area contributed by atoms with Gasteiger partial charge in [0.15, 0.2) is 5.65 Å². The molecule has 1 saturated heterocycles. The van der Waals surface area contributed by atoms with Crippen molar-refractivity contribution in [3.05, 3.63) is 70.4 Å². The van der Waals surface area contributed by atoms with Crippen LogP contribution in [0.2, 0.25) is 5.02 Å². The zero-order chi connectivity index (χ0) is 23.4. The number of halogens is 3. The molecule has 0 amide bonds. The highest BCUT2D eigenvalue weighted by atomic mass is 35.5. The lowest BCUT2D eigenvalue weighted by molar-refractivity contribution is 0.00396. The average molecular weight is 482 g/mol. The molecule has 4 aromatic rings. The normalized spacial score (nSPS) is 20.7. The van der Waals surface area contributed by atoms with Crippen molar-refractivity contribution in [1.29, 1.82) is 0 Å². The molecular weight excluding hydrogens is 460 g/mol. The Labute approximate surface area is 200 Å². The summed E-state index contributed by atoms with van der Waals surface area (Å²) in [7, 11) is 0. The first-order valence-corrected chi connectivity index (χ1v) is 11.8. The smallest absolute Gasteiger partial charge is 0.163 e. The van der Waals surface area contributed by atoms with E-state index >= 15 is 0 Å². The third-order valence-electron chi connectivity index (χ3n) is 6.58. The monoisotopic (exact) mass is 481 g/mol. The molecule has 0 radical (unpaired) electrons. The molecule has 174 valence electrons. The summed E-state index contributed by atoms with van der Waals surface area (Å²) in [6.45, 7) is 2.35. The number of benzene rings is 1. The molecule has 34 heavy (non-hydrogen) atoms. The molecule has 0 bridgehead atoms. The summed E-state index contributed by atoms with van der Waals surface area (Å²) in [5.41, 5.74) is 2.66. The molecule has 2 fully saturated rings. The number of rotatable bonds is 4. The molecule has 0 spiro atoms. The van der Waals surface area contributed by atoms with Crippen molar-refractivity contribution >= 4 is 22.6 Å². The SMILES string of the molecule is Cc1nc2nc([C@H]3CCO[C@@H](c4cnn(C5CC5)c4)C3)nc(-c3ccc(F)cc3F)c2cc1Cl. The second-order valence-electron chi connectivity index (χ2n) is 9.05. The van der Waals surface area contributed by atoms with Gasteiger partial charge in [-0.15, -0.1) is 0 Å². The van der Waals surface area contributed by atoms with E-state index in [1.807, 2.05) is 10.9 Å². The maximum absolute atomic E-state index is 14.8. The molecule has 1 saturated carbocycles. The number of hydrogen-bond acceptors (Lipinski definition) is 5.